The Hall–Kier alpha value is -2.10. The number of benzene rings is 1. The molecule has 1 aliphatic carbocycles. The third-order valence-corrected chi connectivity index (χ3v) is 4.66. The van der Waals surface area contributed by atoms with Crippen LogP contribution in [-0.2, 0) is 11.2 Å². The molecule has 2 N–H and O–H groups in total. The Kier molecular flexibility index (Phi) is 4.01. The van der Waals surface area contributed by atoms with Gasteiger partial charge in [0.15, 0.2) is 0 Å². The Morgan fingerprint density at radius 1 is 1.36 bits per heavy atom. The first-order chi connectivity index (χ1) is 10.6. The number of carbonyl (C=O) groups excluding carboxylic acids is 1. The lowest BCUT2D eigenvalue weighted by molar-refractivity contribution is -0.129. The van der Waals surface area contributed by atoms with Crippen LogP contribution in [-0.4, -0.2) is 30.1 Å². The van der Waals surface area contributed by atoms with Crippen LogP contribution < -0.4 is 5.73 Å². The van der Waals surface area contributed by atoms with E-state index in [0.29, 0.717) is 18.2 Å². The van der Waals surface area contributed by atoms with Crippen molar-refractivity contribution in [3.8, 4) is 0 Å². The van der Waals surface area contributed by atoms with E-state index in [-0.39, 0.29) is 11.9 Å². The molecule has 1 aliphatic heterocycles. The van der Waals surface area contributed by atoms with Crippen LogP contribution in [0.25, 0.3) is 0 Å². The molecule has 1 amide bonds. The Balaban J connectivity index is 1.79. The highest BCUT2D eigenvalue weighted by Gasteiger charge is 2.30. The molecule has 3 rings (SSSR count). The molecule has 4 nitrogen and oxygen atoms in total. The SMILES string of the molecule is CN=C(C=C(N)C(=O)N1CCc2ccccc2[C@H]1C)C1CC1. The molecule has 1 atom stereocenters. The molecular formula is C18H23N3O. The van der Waals surface area contributed by atoms with E-state index in [2.05, 4.69) is 30.1 Å². The summed E-state index contributed by atoms with van der Waals surface area (Å²) in [6, 6.07) is 8.38. The zero-order valence-electron chi connectivity index (χ0n) is 13.2. The van der Waals surface area contributed by atoms with Gasteiger partial charge in [-0.1, -0.05) is 24.3 Å². The summed E-state index contributed by atoms with van der Waals surface area (Å²) in [4.78, 5) is 18.8. The molecule has 4 heteroatoms. The molecule has 1 aromatic rings. The maximum Gasteiger partial charge on any atom is 0.270 e. The molecule has 1 saturated carbocycles. The minimum atomic E-state index is -0.0798. The standard InChI is InChI=1S/C18H23N3O/c1-12-15-6-4-3-5-13(15)9-10-21(12)18(22)16(19)11-17(20-2)14-7-8-14/h3-6,11-12,14H,7-10,19H2,1-2H3/t12-/m1/s1. The van der Waals surface area contributed by atoms with Crippen molar-refractivity contribution in [2.24, 2.45) is 16.6 Å². The van der Waals surface area contributed by atoms with Crippen molar-refractivity contribution in [2.45, 2.75) is 32.2 Å². The Labute approximate surface area is 131 Å². The van der Waals surface area contributed by atoms with Crippen LogP contribution in [0.15, 0.2) is 41.0 Å². The van der Waals surface area contributed by atoms with Gasteiger partial charge in [0, 0.05) is 25.2 Å². The second-order valence-electron chi connectivity index (χ2n) is 6.15. The summed E-state index contributed by atoms with van der Waals surface area (Å²) in [6.45, 7) is 2.78. The molecule has 1 aromatic carbocycles. The van der Waals surface area contributed by atoms with Gasteiger partial charge in [0.25, 0.3) is 5.91 Å². The molecule has 2 aliphatic rings. The third-order valence-electron chi connectivity index (χ3n) is 4.66. The number of nitrogens with zero attached hydrogens (tertiary/aromatic N) is 2. The van der Waals surface area contributed by atoms with Crippen molar-refractivity contribution in [3.63, 3.8) is 0 Å². The summed E-state index contributed by atoms with van der Waals surface area (Å²) in [5.41, 5.74) is 9.87. The van der Waals surface area contributed by atoms with Crippen molar-refractivity contribution in [1.82, 2.24) is 4.90 Å². The van der Waals surface area contributed by atoms with Gasteiger partial charge in [-0.15, -0.1) is 0 Å². The minimum Gasteiger partial charge on any atom is -0.394 e. The Bertz CT molecular complexity index is 643. The largest absolute Gasteiger partial charge is 0.394 e. The molecule has 0 unspecified atom stereocenters. The van der Waals surface area contributed by atoms with Gasteiger partial charge in [-0.3, -0.25) is 9.79 Å². The van der Waals surface area contributed by atoms with E-state index >= 15 is 0 Å². The molecule has 116 valence electrons. The number of fused-ring (bicyclic) bond motifs is 1. The second-order valence-corrected chi connectivity index (χ2v) is 6.15. The summed E-state index contributed by atoms with van der Waals surface area (Å²) >= 11 is 0. The maximum atomic E-state index is 12.7. The fraction of sp³-hybridized carbons (Fsp3) is 0.444. The highest BCUT2D eigenvalue weighted by Crippen LogP contribution is 2.32. The first-order valence-corrected chi connectivity index (χ1v) is 7.94. The fourth-order valence-electron chi connectivity index (χ4n) is 3.18. The van der Waals surface area contributed by atoms with Crippen LogP contribution in [0, 0.1) is 5.92 Å². The third kappa shape index (κ3) is 2.78. The van der Waals surface area contributed by atoms with Gasteiger partial charge in [-0.2, -0.15) is 0 Å². The Morgan fingerprint density at radius 2 is 2.09 bits per heavy atom. The molecule has 1 heterocycles. The molecule has 0 spiro atoms. The number of aliphatic imine (C=N–C) groups is 1. The number of allylic oxidation sites excluding steroid dienone is 1. The lowest BCUT2D eigenvalue weighted by Crippen LogP contribution is -2.41. The van der Waals surface area contributed by atoms with E-state index in [1.54, 1.807) is 13.1 Å². The number of amides is 1. The average Bonchev–Trinajstić information content (AvgIpc) is 3.37. The Morgan fingerprint density at radius 3 is 2.77 bits per heavy atom. The number of hydrogen-bond acceptors (Lipinski definition) is 3. The fourth-order valence-corrected chi connectivity index (χ4v) is 3.18. The van der Waals surface area contributed by atoms with Gasteiger partial charge in [0.2, 0.25) is 0 Å². The first-order valence-electron chi connectivity index (χ1n) is 7.94. The smallest absolute Gasteiger partial charge is 0.270 e. The molecule has 0 bridgehead atoms. The van der Waals surface area contributed by atoms with E-state index in [9.17, 15) is 4.79 Å². The molecular weight excluding hydrogens is 274 g/mol. The van der Waals surface area contributed by atoms with Crippen LogP contribution in [0.2, 0.25) is 0 Å². The van der Waals surface area contributed by atoms with Gasteiger partial charge < -0.3 is 10.6 Å². The molecule has 0 saturated heterocycles. The monoisotopic (exact) mass is 297 g/mol. The summed E-state index contributed by atoms with van der Waals surface area (Å²) in [5.74, 6) is 0.416. The lowest BCUT2D eigenvalue weighted by Gasteiger charge is -2.35. The molecule has 0 radical (unpaired) electrons. The van der Waals surface area contributed by atoms with Crippen molar-refractivity contribution in [3.05, 3.63) is 47.2 Å². The number of hydrogen-bond donors (Lipinski definition) is 1. The van der Waals surface area contributed by atoms with Crippen molar-refractivity contribution < 1.29 is 4.79 Å². The predicted molar refractivity (Wildman–Crippen MR) is 88.6 cm³/mol. The lowest BCUT2D eigenvalue weighted by atomic mass is 9.93. The summed E-state index contributed by atoms with van der Waals surface area (Å²) in [5, 5.41) is 0. The van der Waals surface area contributed by atoms with Gasteiger partial charge in [-0.25, -0.2) is 0 Å². The van der Waals surface area contributed by atoms with Gasteiger partial charge in [-0.05, 0) is 43.4 Å². The highest BCUT2D eigenvalue weighted by atomic mass is 16.2. The van der Waals surface area contributed by atoms with Gasteiger partial charge >= 0.3 is 0 Å². The van der Waals surface area contributed by atoms with E-state index < -0.39 is 0 Å². The summed E-state index contributed by atoms with van der Waals surface area (Å²) in [7, 11) is 1.77. The van der Waals surface area contributed by atoms with Gasteiger partial charge in [0.05, 0.1) is 11.7 Å². The van der Waals surface area contributed by atoms with Gasteiger partial charge in [0.1, 0.15) is 0 Å². The van der Waals surface area contributed by atoms with Crippen LogP contribution >= 0.6 is 0 Å². The van der Waals surface area contributed by atoms with Crippen LogP contribution in [0.4, 0.5) is 0 Å². The number of rotatable bonds is 3. The zero-order valence-corrected chi connectivity index (χ0v) is 13.2. The maximum absolute atomic E-state index is 12.7. The van der Waals surface area contributed by atoms with E-state index in [4.69, 9.17) is 5.73 Å². The second kappa shape index (κ2) is 5.95. The zero-order chi connectivity index (χ0) is 15.7. The van der Waals surface area contributed by atoms with Crippen molar-refractivity contribution >= 4 is 11.6 Å². The van der Waals surface area contributed by atoms with Crippen molar-refractivity contribution in [1.29, 1.82) is 0 Å². The van der Waals surface area contributed by atoms with Crippen molar-refractivity contribution in [2.75, 3.05) is 13.6 Å². The topological polar surface area (TPSA) is 58.7 Å². The van der Waals surface area contributed by atoms with E-state index in [1.165, 1.54) is 11.1 Å². The summed E-state index contributed by atoms with van der Waals surface area (Å²) < 4.78 is 0. The van der Waals surface area contributed by atoms with E-state index in [1.807, 2.05) is 11.0 Å². The molecule has 1 fully saturated rings. The highest BCUT2D eigenvalue weighted by molar-refractivity contribution is 6.05. The van der Waals surface area contributed by atoms with Crippen LogP contribution in [0.3, 0.4) is 0 Å². The predicted octanol–water partition coefficient (Wildman–Crippen LogP) is 2.46. The number of nitrogens with two attached hydrogens (primary N) is 1. The first kappa shape index (κ1) is 14.8. The summed E-state index contributed by atoms with van der Waals surface area (Å²) in [6.07, 6.45) is 4.96. The van der Waals surface area contributed by atoms with Crippen LogP contribution in [0.5, 0.6) is 0 Å². The van der Waals surface area contributed by atoms with Crippen LogP contribution in [0.1, 0.15) is 36.9 Å². The molecule has 0 aromatic heterocycles. The number of carbonyl (C=O) groups is 1. The average molecular weight is 297 g/mol. The normalized spacial score (nSPS) is 22.5. The quantitative estimate of drug-likeness (QED) is 0.688. The minimum absolute atomic E-state index is 0.0624. The molecule has 22 heavy (non-hydrogen) atoms. The van der Waals surface area contributed by atoms with E-state index in [0.717, 1.165) is 25.0 Å².